The highest BCUT2D eigenvalue weighted by Gasteiger charge is 2.24. The molecule has 0 radical (unpaired) electrons. The van der Waals surface area contributed by atoms with Crippen molar-refractivity contribution in [3.05, 3.63) is 45.5 Å². The molecule has 9 heteroatoms. The maximum Gasteiger partial charge on any atom is 0.340 e. The van der Waals surface area contributed by atoms with Gasteiger partial charge in [-0.25, -0.2) is 9.59 Å². The van der Waals surface area contributed by atoms with E-state index in [9.17, 15) is 24.3 Å². The third-order valence-corrected chi connectivity index (χ3v) is 5.82. The first kappa shape index (κ1) is 25.0. The number of hydrogen-bond donors (Lipinski definition) is 3. The van der Waals surface area contributed by atoms with Crippen LogP contribution in [-0.4, -0.2) is 35.5 Å². The summed E-state index contributed by atoms with van der Waals surface area (Å²) >= 11 is 0. The van der Waals surface area contributed by atoms with Gasteiger partial charge in [0.25, 0.3) is 0 Å². The zero-order valence-corrected chi connectivity index (χ0v) is 20.2. The first-order valence-corrected chi connectivity index (χ1v) is 11.1. The van der Waals surface area contributed by atoms with E-state index in [1.165, 1.54) is 0 Å². The third kappa shape index (κ3) is 5.13. The van der Waals surface area contributed by atoms with Crippen molar-refractivity contribution in [2.75, 3.05) is 6.54 Å². The number of carboxylic acids is 1. The summed E-state index contributed by atoms with van der Waals surface area (Å²) in [6.45, 7) is 10.9. The van der Waals surface area contributed by atoms with Crippen molar-refractivity contribution in [3.8, 4) is 0 Å². The van der Waals surface area contributed by atoms with Crippen LogP contribution in [0.15, 0.2) is 32.0 Å². The predicted octanol–water partition coefficient (Wildman–Crippen LogP) is 3.03. The van der Waals surface area contributed by atoms with E-state index in [1.54, 1.807) is 33.1 Å². The Morgan fingerprint density at radius 3 is 2.32 bits per heavy atom. The van der Waals surface area contributed by atoms with Crippen molar-refractivity contribution in [2.45, 2.75) is 59.4 Å². The number of amides is 2. The number of carbonyl (C=O) groups excluding carboxylic acids is 2. The molecule has 0 bridgehead atoms. The lowest BCUT2D eigenvalue weighted by atomic mass is 9.86. The van der Waals surface area contributed by atoms with Gasteiger partial charge in [-0.2, -0.15) is 0 Å². The zero-order chi connectivity index (χ0) is 25.4. The number of furan rings is 1. The van der Waals surface area contributed by atoms with Gasteiger partial charge in [0, 0.05) is 22.4 Å². The summed E-state index contributed by atoms with van der Waals surface area (Å²) in [6, 6.07) is 2.52. The predicted molar refractivity (Wildman–Crippen MR) is 127 cm³/mol. The van der Waals surface area contributed by atoms with E-state index in [2.05, 4.69) is 31.4 Å². The van der Waals surface area contributed by atoms with Gasteiger partial charge in [0.05, 0.1) is 24.8 Å². The Kier molecular flexibility index (Phi) is 6.86. The standard InChI is InChI=1S/C25H30N2O7/c1-12(2)22(23(30)31)27-21(29)10-26-20(28)8-15-13(3)14-7-16-17(25(4,5)6)11-33-18(16)9-19(14)34-24(15)32/h7,9,11-12,22H,8,10H2,1-6H3,(H,26,28)(H,27,29)(H,30,31)/t22-/m1/s1. The van der Waals surface area contributed by atoms with Gasteiger partial charge in [0.2, 0.25) is 11.8 Å². The van der Waals surface area contributed by atoms with Gasteiger partial charge in [-0.3, -0.25) is 9.59 Å². The van der Waals surface area contributed by atoms with E-state index < -0.39 is 36.0 Å². The Labute approximate surface area is 196 Å². The van der Waals surface area contributed by atoms with Gasteiger partial charge in [-0.1, -0.05) is 34.6 Å². The Morgan fingerprint density at radius 2 is 1.74 bits per heavy atom. The average molecular weight is 471 g/mol. The summed E-state index contributed by atoms with van der Waals surface area (Å²) in [7, 11) is 0. The molecule has 1 aromatic carbocycles. The highest BCUT2D eigenvalue weighted by molar-refractivity contribution is 5.97. The molecule has 34 heavy (non-hydrogen) atoms. The molecule has 0 fully saturated rings. The van der Waals surface area contributed by atoms with Gasteiger partial charge in [-0.05, 0) is 29.9 Å². The van der Waals surface area contributed by atoms with Crippen LogP contribution in [0.2, 0.25) is 0 Å². The Balaban J connectivity index is 1.82. The molecule has 0 unspecified atom stereocenters. The summed E-state index contributed by atoms with van der Waals surface area (Å²) in [4.78, 5) is 48.4. The van der Waals surface area contributed by atoms with Gasteiger partial charge >= 0.3 is 11.6 Å². The zero-order valence-electron chi connectivity index (χ0n) is 20.2. The highest BCUT2D eigenvalue weighted by atomic mass is 16.4. The van der Waals surface area contributed by atoms with Crippen molar-refractivity contribution < 1.29 is 28.3 Å². The Morgan fingerprint density at radius 1 is 1.06 bits per heavy atom. The van der Waals surface area contributed by atoms with E-state index in [1.807, 2.05) is 6.07 Å². The van der Waals surface area contributed by atoms with Crippen LogP contribution in [0.4, 0.5) is 0 Å². The lowest BCUT2D eigenvalue weighted by Crippen LogP contribution is -2.48. The van der Waals surface area contributed by atoms with Crippen LogP contribution in [0.1, 0.15) is 51.3 Å². The number of nitrogens with one attached hydrogen (secondary N) is 2. The second kappa shape index (κ2) is 9.32. The molecule has 182 valence electrons. The molecule has 0 saturated carbocycles. The fourth-order valence-electron chi connectivity index (χ4n) is 3.84. The highest BCUT2D eigenvalue weighted by Crippen LogP contribution is 2.35. The van der Waals surface area contributed by atoms with E-state index in [0.29, 0.717) is 22.1 Å². The number of hydrogen-bond acceptors (Lipinski definition) is 6. The van der Waals surface area contributed by atoms with Gasteiger partial charge in [0.15, 0.2) is 0 Å². The summed E-state index contributed by atoms with van der Waals surface area (Å²) < 4.78 is 11.1. The molecule has 0 spiro atoms. The average Bonchev–Trinajstić information content (AvgIpc) is 3.15. The van der Waals surface area contributed by atoms with Crippen molar-refractivity contribution in [1.29, 1.82) is 0 Å². The number of carboxylic acid groups (broad SMARTS) is 1. The quantitative estimate of drug-likeness (QED) is 0.451. The third-order valence-electron chi connectivity index (χ3n) is 5.82. The van der Waals surface area contributed by atoms with Crippen LogP contribution in [0.25, 0.3) is 21.9 Å². The smallest absolute Gasteiger partial charge is 0.340 e. The van der Waals surface area contributed by atoms with E-state index in [0.717, 1.165) is 10.9 Å². The number of aliphatic carboxylic acids is 1. The topological polar surface area (TPSA) is 139 Å². The second-order valence-electron chi connectivity index (χ2n) is 9.82. The molecule has 0 aliphatic carbocycles. The molecule has 9 nitrogen and oxygen atoms in total. The SMILES string of the molecule is Cc1c(CC(=O)NCC(=O)N[C@@H](C(=O)O)C(C)C)c(=O)oc2cc3occ(C(C)(C)C)c3cc12. The fourth-order valence-corrected chi connectivity index (χ4v) is 3.84. The van der Waals surface area contributed by atoms with E-state index in [-0.39, 0.29) is 23.3 Å². The minimum Gasteiger partial charge on any atom is -0.480 e. The van der Waals surface area contributed by atoms with Crippen LogP contribution < -0.4 is 16.3 Å². The lowest BCUT2D eigenvalue weighted by Gasteiger charge is -2.18. The summed E-state index contributed by atoms with van der Waals surface area (Å²) in [5.74, 6) is -2.65. The van der Waals surface area contributed by atoms with Gasteiger partial charge in [-0.15, -0.1) is 0 Å². The Hall–Kier alpha value is -3.62. The van der Waals surface area contributed by atoms with Crippen molar-refractivity contribution in [3.63, 3.8) is 0 Å². The van der Waals surface area contributed by atoms with E-state index >= 15 is 0 Å². The van der Waals surface area contributed by atoms with E-state index in [4.69, 9.17) is 8.83 Å². The van der Waals surface area contributed by atoms with Gasteiger partial charge in [0.1, 0.15) is 17.2 Å². The number of benzene rings is 1. The maximum absolute atomic E-state index is 12.6. The number of aryl methyl sites for hydroxylation is 1. The van der Waals surface area contributed by atoms with Crippen molar-refractivity contribution >= 4 is 39.7 Å². The minimum atomic E-state index is -1.15. The first-order chi connectivity index (χ1) is 15.8. The summed E-state index contributed by atoms with van der Waals surface area (Å²) in [5, 5.41) is 15.6. The van der Waals surface area contributed by atoms with Crippen LogP contribution in [0.3, 0.4) is 0 Å². The van der Waals surface area contributed by atoms with Crippen LogP contribution in [0, 0.1) is 12.8 Å². The first-order valence-electron chi connectivity index (χ1n) is 11.1. The molecule has 1 atom stereocenters. The molecule has 3 N–H and O–H groups in total. The molecule has 2 heterocycles. The minimum absolute atomic E-state index is 0.152. The largest absolute Gasteiger partial charge is 0.480 e. The molecule has 2 aromatic heterocycles. The normalized spacial score (nSPS) is 12.8. The van der Waals surface area contributed by atoms with Crippen LogP contribution >= 0.6 is 0 Å². The molecule has 0 aliphatic rings. The molecule has 0 saturated heterocycles. The van der Waals surface area contributed by atoms with Crippen LogP contribution in [0.5, 0.6) is 0 Å². The van der Waals surface area contributed by atoms with Crippen LogP contribution in [-0.2, 0) is 26.2 Å². The number of rotatable bonds is 7. The Bertz CT molecular complexity index is 1330. The molecule has 2 amide bonds. The molecule has 0 aliphatic heterocycles. The van der Waals surface area contributed by atoms with Crippen molar-refractivity contribution in [2.24, 2.45) is 5.92 Å². The molecule has 3 aromatic rings. The lowest BCUT2D eigenvalue weighted by molar-refractivity contribution is -0.143. The molecular weight excluding hydrogens is 440 g/mol. The second-order valence-corrected chi connectivity index (χ2v) is 9.82. The summed E-state index contributed by atoms with van der Waals surface area (Å²) in [6.07, 6.45) is 1.42. The number of fused-ring (bicyclic) bond motifs is 2. The monoisotopic (exact) mass is 470 g/mol. The molecule has 3 rings (SSSR count). The maximum atomic E-state index is 12.6. The summed E-state index contributed by atoms with van der Waals surface area (Å²) in [5.41, 5.74) is 2.00. The molecular formula is C25H30N2O7. The fraction of sp³-hybridized carbons (Fsp3) is 0.440. The van der Waals surface area contributed by atoms with Crippen molar-refractivity contribution in [1.82, 2.24) is 10.6 Å². The van der Waals surface area contributed by atoms with Gasteiger partial charge < -0.3 is 24.6 Å². The number of carbonyl (C=O) groups is 3.